The molecule has 0 unspecified atom stereocenters. The highest BCUT2D eigenvalue weighted by atomic mass is 16.5. The first kappa shape index (κ1) is 20.0. The fourth-order valence-electron chi connectivity index (χ4n) is 2.73. The molecule has 0 aliphatic heterocycles. The van der Waals surface area contributed by atoms with E-state index in [0.29, 0.717) is 6.61 Å². The molecule has 140 valence electrons. The molecule has 0 aromatic heterocycles. The van der Waals surface area contributed by atoms with E-state index in [2.05, 4.69) is 6.92 Å². The Labute approximate surface area is 155 Å². The predicted molar refractivity (Wildman–Crippen MR) is 103 cm³/mol. The van der Waals surface area contributed by atoms with Gasteiger partial charge in [0.05, 0.1) is 19.4 Å². The number of unbranched alkanes of at least 4 members (excludes halogenated alkanes) is 4. The zero-order valence-electron chi connectivity index (χ0n) is 15.5. The first-order valence-electron chi connectivity index (χ1n) is 9.48. The van der Waals surface area contributed by atoms with Crippen molar-refractivity contribution in [2.24, 2.45) is 0 Å². The summed E-state index contributed by atoms with van der Waals surface area (Å²) < 4.78 is 10.4. The average molecular weight is 356 g/mol. The van der Waals surface area contributed by atoms with Crippen LogP contribution in [0.2, 0.25) is 0 Å². The van der Waals surface area contributed by atoms with Gasteiger partial charge in [-0.3, -0.25) is 9.59 Å². The van der Waals surface area contributed by atoms with Gasteiger partial charge in [0.15, 0.2) is 0 Å². The van der Waals surface area contributed by atoms with E-state index in [1.165, 1.54) is 19.3 Å². The highest BCUT2D eigenvalue weighted by Gasteiger charge is 2.09. The minimum absolute atomic E-state index is 0.0578. The molecule has 2 rings (SSSR count). The predicted octanol–water partition coefficient (Wildman–Crippen LogP) is 5.18. The third kappa shape index (κ3) is 7.26. The normalized spacial score (nSPS) is 10.7. The van der Waals surface area contributed by atoms with Gasteiger partial charge in [0.25, 0.3) is 0 Å². The number of hydrogen-bond donors (Lipinski definition) is 0. The Kier molecular flexibility index (Phi) is 8.67. The lowest BCUT2D eigenvalue weighted by Crippen LogP contribution is -2.11. The van der Waals surface area contributed by atoms with Crippen LogP contribution in [0.3, 0.4) is 0 Å². The maximum absolute atomic E-state index is 11.8. The Hall–Kier alpha value is -2.36. The molecule has 4 nitrogen and oxygen atoms in total. The fourth-order valence-corrected chi connectivity index (χ4v) is 2.73. The number of benzene rings is 2. The van der Waals surface area contributed by atoms with Crippen LogP contribution in [-0.4, -0.2) is 18.5 Å². The lowest BCUT2D eigenvalue weighted by Gasteiger charge is -2.07. The third-order valence-corrected chi connectivity index (χ3v) is 4.26. The molecular formula is C22H28O4. The molecule has 26 heavy (non-hydrogen) atoms. The van der Waals surface area contributed by atoms with Crippen LogP contribution in [0.25, 0.3) is 10.8 Å². The fraction of sp³-hybridized carbons (Fsp3) is 0.455. The van der Waals surface area contributed by atoms with Gasteiger partial charge in [0.1, 0.15) is 6.61 Å². The molecule has 0 saturated heterocycles. The minimum atomic E-state index is -0.377. The Morgan fingerprint density at radius 1 is 0.808 bits per heavy atom. The monoisotopic (exact) mass is 356 g/mol. The van der Waals surface area contributed by atoms with Crippen LogP contribution in [-0.2, 0) is 25.7 Å². The molecule has 4 heteroatoms. The quantitative estimate of drug-likeness (QED) is 0.411. The number of ether oxygens (including phenoxy) is 2. The Morgan fingerprint density at radius 3 is 2.27 bits per heavy atom. The second-order valence-electron chi connectivity index (χ2n) is 6.48. The largest absolute Gasteiger partial charge is 0.466 e. The van der Waals surface area contributed by atoms with Gasteiger partial charge in [-0.05, 0) is 28.8 Å². The van der Waals surface area contributed by atoms with Crippen LogP contribution in [0.15, 0.2) is 42.5 Å². The van der Waals surface area contributed by atoms with Crippen molar-refractivity contribution in [1.82, 2.24) is 0 Å². The molecule has 0 N–H and O–H groups in total. The Balaban J connectivity index is 1.61. The summed E-state index contributed by atoms with van der Waals surface area (Å²) in [7, 11) is 0. The number of hydrogen-bond acceptors (Lipinski definition) is 4. The zero-order chi connectivity index (χ0) is 18.6. The van der Waals surface area contributed by atoms with Crippen molar-refractivity contribution in [3.8, 4) is 0 Å². The summed E-state index contributed by atoms with van der Waals surface area (Å²) >= 11 is 0. The standard InChI is InChI=1S/C22H28O4/c1-2-3-4-5-8-15-25-21(23)13-14-22(24)26-17-18-11-12-19-9-6-7-10-20(19)16-18/h6-7,9-12,16H,2-5,8,13-15,17H2,1H3. The van der Waals surface area contributed by atoms with Gasteiger partial charge in [-0.25, -0.2) is 0 Å². The molecule has 0 heterocycles. The van der Waals surface area contributed by atoms with E-state index in [-0.39, 0.29) is 31.4 Å². The maximum atomic E-state index is 11.8. The lowest BCUT2D eigenvalue weighted by atomic mass is 10.1. The molecule has 2 aromatic rings. The van der Waals surface area contributed by atoms with Gasteiger partial charge in [0, 0.05) is 0 Å². The summed E-state index contributed by atoms with van der Waals surface area (Å²) in [5, 5.41) is 2.27. The van der Waals surface area contributed by atoms with E-state index in [4.69, 9.17) is 9.47 Å². The molecule has 0 spiro atoms. The summed E-state index contributed by atoms with van der Waals surface area (Å²) in [6, 6.07) is 14.0. The van der Waals surface area contributed by atoms with Gasteiger partial charge in [0.2, 0.25) is 0 Å². The highest BCUT2D eigenvalue weighted by molar-refractivity contribution is 5.83. The topological polar surface area (TPSA) is 52.6 Å². The second kappa shape index (κ2) is 11.3. The molecule has 0 saturated carbocycles. The molecule has 0 radical (unpaired) electrons. The van der Waals surface area contributed by atoms with Crippen LogP contribution < -0.4 is 0 Å². The SMILES string of the molecule is CCCCCCCOC(=O)CCC(=O)OCc1ccc2ccccc2c1. The van der Waals surface area contributed by atoms with E-state index < -0.39 is 0 Å². The van der Waals surface area contributed by atoms with Crippen LogP contribution in [0.1, 0.15) is 57.4 Å². The number of carbonyl (C=O) groups excluding carboxylic acids is 2. The van der Waals surface area contributed by atoms with Crippen molar-refractivity contribution in [3.05, 3.63) is 48.0 Å². The van der Waals surface area contributed by atoms with Crippen molar-refractivity contribution in [1.29, 1.82) is 0 Å². The second-order valence-corrected chi connectivity index (χ2v) is 6.48. The van der Waals surface area contributed by atoms with Gasteiger partial charge < -0.3 is 9.47 Å². The minimum Gasteiger partial charge on any atom is -0.466 e. The summed E-state index contributed by atoms with van der Waals surface area (Å²) in [6.07, 6.45) is 5.69. The Morgan fingerprint density at radius 2 is 1.50 bits per heavy atom. The zero-order valence-corrected chi connectivity index (χ0v) is 15.5. The van der Waals surface area contributed by atoms with E-state index in [1.54, 1.807) is 0 Å². The highest BCUT2D eigenvalue weighted by Crippen LogP contribution is 2.16. The summed E-state index contributed by atoms with van der Waals surface area (Å²) in [4.78, 5) is 23.4. The van der Waals surface area contributed by atoms with Crippen LogP contribution in [0.4, 0.5) is 0 Å². The molecule has 0 fully saturated rings. The smallest absolute Gasteiger partial charge is 0.306 e. The Bertz CT molecular complexity index is 708. The van der Waals surface area contributed by atoms with E-state index in [9.17, 15) is 9.59 Å². The van der Waals surface area contributed by atoms with Crippen molar-refractivity contribution in [2.45, 2.75) is 58.5 Å². The van der Waals surface area contributed by atoms with Crippen LogP contribution in [0.5, 0.6) is 0 Å². The number of esters is 2. The van der Waals surface area contributed by atoms with Crippen LogP contribution in [0, 0.1) is 0 Å². The number of carbonyl (C=O) groups is 2. The van der Waals surface area contributed by atoms with Crippen molar-refractivity contribution in [2.75, 3.05) is 6.61 Å². The summed E-state index contributed by atoms with van der Waals surface area (Å²) in [5.41, 5.74) is 0.937. The molecular weight excluding hydrogens is 328 g/mol. The third-order valence-electron chi connectivity index (χ3n) is 4.26. The van der Waals surface area contributed by atoms with Gasteiger partial charge >= 0.3 is 11.9 Å². The van der Waals surface area contributed by atoms with Gasteiger partial charge in [-0.2, -0.15) is 0 Å². The molecule has 0 amide bonds. The molecule has 0 aliphatic carbocycles. The van der Waals surface area contributed by atoms with Crippen molar-refractivity contribution >= 4 is 22.7 Å². The first-order chi connectivity index (χ1) is 12.7. The van der Waals surface area contributed by atoms with Crippen LogP contribution >= 0.6 is 0 Å². The van der Waals surface area contributed by atoms with Gasteiger partial charge in [-0.1, -0.05) is 69.0 Å². The number of fused-ring (bicyclic) bond motifs is 1. The first-order valence-corrected chi connectivity index (χ1v) is 9.48. The molecule has 0 bridgehead atoms. The maximum Gasteiger partial charge on any atom is 0.306 e. The van der Waals surface area contributed by atoms with E-state index in [1.807, 2.05) is 42.5 Å². The van der Waals surface area contributed by atoms with E-state index >= 15 is 0 Å². The van der Waals surface area contributed by atoms with Crippen molar-refractivity contribution < 1.29 is 19.1 Å². The van der Waals surface area contributed by atoms with Gasteiger partial charge in [-0.15, -0.1) is 0 Å². The average Bonchev–Trinajstić information content (AvgIpc) is 2.67. The summed E-state index contributed by atoms with van der Waals surface area (Å²) in [6.45, 7) is 2.82. The summed E-state index contributed by atoms with van der Waals surface area (Å²) in [5.74, 6) is -0.707. The molecule has 0 aliphatic rings. The van der Waals surface area contributed by atoms with Crippen molar-refractivity contribution in [3.63, 3.8) is 0 Å². The number of rotatable bonds is 11. The van der Waals surface area contributed by atoms with E-state index in [0.717, 1.165) is 29.2 Å². The molecule has 0 atom stereocenters. The molecule has 2 aromatic carbocycles. The lowest BCUT2D eigenvalue weighted by molar-refractivity contribution is -0.151.